The zero-order valence-corrected chi connectivity index (χ0v) is 15.5. The highest BCUT2D eigenvalue weighted by molar-refractivity contribution is 5.57. The van der Waals surface area contributed by atoms with Gasteiger partial charge in [-0.2, -0.15) is 0 Å². The highest BCUT2D eigenvalue weighted by Gasteiger charge is 2.33. The SMILES string of the molecule is C=CCC=C=C(OCOC)C(O)(CC)/C(C)=C/c1ccc(OC)cc1. The van der Waals surface area contributed by atoms with Gasteiger partial charge in [0.2, 0.25) is 0 Å². The molecule has 0 bridgehead atoms. The van der Waals surface area contributed by atoms with Crippen LogP contribution in [0.3, 0.4) is 0 Å². The van der Waals surface area contributed by atoms with Gasteiger partial charge in [-0.25, -0.2) is 0 Å². The molecule has 1 unspecified atom stereocenters. The lowest BCUT2D eigenvalue weighted by molar-refractivity contribution is -0.0405. The Balaban J connectivity index is 3.22. The van der Waals surface area contributed by atoms with E-state index in [1.165, 1.54) is 7.11 Å². The van der Waals surface area contributed by atoms with E-state index in [1.54, 1.807) is 19.3 Å². The highest BCUT2D eigenvalue weighted by Crippen LogP contribution is 2.31. The Bertz CT molecular complexity index is 636. The zero-order valence-electron chi connectivity index (χ0n) is 15.5. The number of hydrogen-bond acceptors (Lipinski definition) is 4. The molecule has 0 aromatic heterocycles. The number of ether oxygens (including phenoxy) is 3. The van der Waals surface area contributed by atoms with Crippen LogP contribution in [0, 0.1) is 0 Å². The van der Waals surface area contributed by atoms with Gasteiger partial charge in [-0.1, -0.05) is 36.9 Å². The fraction of sp³-hybridized carbons (Fsp3) is 0.381. The fourth-order valence-electron chi connectivity index (χ4n) is 2.32. The Labute approximate surface area is 150 Å². The fourth-order valence-corrected chi connectivity index (χ4v) is 2.32. The van der Waals surface area contributed by atoms with E-state index in [1.807, 2.05) is 44.2 Å². The molecule has 0 fully saturated rings. The summed E-state index contributed by atoms with van der Waals surface area (Å²) in [6.45, 7) is 7.49. The highest BCUT2D eigenvalue weighted by atomic mass is 16.7. The average Bonchev–Trinajstić information content (AvgIpc) is 2.64. The van der Waals surface area contributed by atoms with E-state index >= 15 is 0 Å². The summed E-state index contributed by atoms with van der Waals surface area (Å²) in [5.74, 6) is 1.12. The van der Waals surface area contributed by atoms with Crippen molar-refractivity contribution in [2.45, 2.75) is 32.3 Å². The molecule has 0 spiro atoms. The summed E-state index contributed by atoms with van der Waals surface area (Å²) >= 11 is 0. The monoisotopic (exact) mass is 344 g/mol. The summed E-state index contributed by atoms with van der Waals surface area (Å²) < 4.78 is 15.7. The molecular formula is C21H28O4. The van der Waals surface area contributed by atoms with Crippen LogP contribution >= 0.6 is 0 Å². The van der Waals surface area contributed by atoms with Crippen LogP contribution in [0.25, 0.3) is 6.08 Å². The van der Waals surface area contributed by atoms with Crippen LogP contribution in [-0.4, -0.2) is 31.7 Å². The van der Waals surface area contributed by atoms with E-state index in [2.05, 4.69) is 12.3 Å². The summed E-state index contributed by atoms with van der Waals surface area (Å²) in [6.07, 6.45) is 6.54. The van der Waals surface area contributed by atoms with Crippen molar-refractivity contribution in [2.75, 3.05) is 21.0 Å². The van der Waals surface area contributed by atoms with Crippen LogP contribution in [0.1, 0.15) is 32.3 Å². The largest absolute Gasteiger partial charge is 0.497 e. The first-order valence-corrected chi connectivity index (χ1v) is 8.25. The molecule has 4 heteroatoms. The van der Waals surface area contributed by atoms with E-state index in [9.17, 15) is 5.11 Å². The predicted octanol–water partition coefficient (Wildman–Crippen LogP) is 4.48. The molecule has 0 saturated heterocycles. The molecule has 25 heavy (non-hydrogen) atoms. The van der Waals surface area contributed by atoms with Crippen molar-refractivity contribution >= 4 is 6.08 Å². The number of aliphatic hydroxyl groups is 1. The van der Waals surface area contributed by atoms with Gasteiger partial charge in [-0.3, -0.25) is 0 Å². The van der Waals surface area contributed by atoms with Crippen molar-refractivity contribution in [3.63, 3.8) is 0 Å². The molecule has 0 radical (unpaired) electrons. The third kappa shape index (κ3) is 5.95. The molecule has 1 N–H and O–H groups in total. The molecule has 1 aromatic rings. The van der Waals surface area contributed by atoms with Gasteiger partial charge in [0.25, 0.3) is 0 Å². The third-order valence-electron chi connectivity index (χ3n) is 3.88. The van der Waals surface area contributed by atoms with Crippen LogP contribution in [0.5, 0.6) is 5.75 Å². The normalized spacial score (nSPS) is 13.4. The van der Waals surface area contributed by atoms with E-state index in [0.29, 0.717) is 18.6 Å². The maximum Gasteiger partial charge on any atom is 0.189 e. The van der Waals surface area contributed by atoms with E-state index in [4.69, 9.17) is 14.2 Å². The van der Waals surface area contributed by atoms with Gasteiger partial charge in [0, 0.05) is 7.11 Å². The number of hydrogen-bond donors (Lipinski definition) is 1. The quantitative estimate of drug-likeness (QED) is 0.294. The Kier molecular flexibility index (Phi) is 8.79. The first kappa shape index (κ1) is 20.8. The third-order valence-corrected chi connectivity index (χ3v) is 3.88. The Hall–Kier alpha value is -2.26. The van der Waals surface area contributed by atoms with Gasteiger partial charge < -0.3 is 19.3 Å². The molecule has 0 saturated carbocycles. The van der Waals surface area contributed by atoms with Crippen LogP contribution in [0.4, 0.5) is 0 Å². The predicted molar refractivity (Wildman–Crippen MR) is 101 cm³/mol. The molecule has 0 aliphatic carbocycles. The Morgan fingerprint density at radius 2 is 1.96 bits per heavy atom. The zero-order chi connectivity index (χ0) is 18.7. The number of methoxy groups -OCH3 is 2. The first-order chi connectivity index (χ1) is 12.0. The van der Waals surface area contributed by atoms with Crippen molar-refractivity contribution in [3.05, 3.63) is 65.6 Å². The molecule has 0 heterocycles. The molecular weight excluding hydrogens is 316 g/mol. The molecule has 4 nitrogen and oxygen atoms in total. The van der Waals surface area contributed by atoms with Crippen molar-refractivity contribution in [1.29, 1.82) is 0 Å². The van der Waals surface area contributed by atoms with E-state index in [-0.39, 0.29) is 6.79 Å². The van der Waals surface area contributed by atoms with Crippen molar-refractivity contribution < 1.29 is 19.3 Å². The summed E-state index contributed by atoms with van der Waals surface area (Å²) in [7, 11) is 3.17. The van der Waals surface area contributed by atoms with Gasteiger partial charge in [0.05, 0.1) is 7.11 Å². The summed E-state index contributed by atoms with van der Waals surface area (Å²) in [6, 6.07) is 7.63. The minimum Gasteiger partial charge on any atom is -0.497 e. The van der Waals surface area contributed by atoms with Crippen molar-refractivity contribution in [2.24, 2.45) is 0 Å². The maximum absolute atomic E-state index is 11.2. The second-order valence-corrected chi connectivity index (χ2v) is 5.57. The average molecular weight is 344 g/mol. The van der Waals surface area contributed by atoms with E-state index < -0.39 is 5.60 Å². The Morgan fingerprint density at radius 3 is 2.48 bits per heavy atom. The number of allylic oxidation sites excluding steroid dienone is 1. The lowest BCUT2D eigenvalue weighted by Gasteiger charge is -2.29. The van der Waals surface area contributed by atoms with Crippen LogP contribution in [0.2, 0.25) is 0 Å². The molecule has 1 atom stereocenters. The van der Waals surface area contributed by atoms with Gasteiger partial charge in [-0.05, 0) is 49.1 Å². The lowest BCUT2D eigenvalue weighted by Crippen LogP contribution is -2.33. The standard InChI is InChI=1S/C21H28O4/c1-6-8-9-10-20(25-16-23-4)21(22,7-2)17(3)15-18-11-13-19(24-5)14-12-18/h6,9,11-15,22H,1,7-8,16H2,2-5H3/b17-15+. The van der Waals surface area contributed by atoms with Gasteiger partial charge in [0.1, 0.15) is 11.4 Å². The second kappa shape index (κ2) is 10.6. The molecule has 136 valence electrons. The van der Waals surface area contributed by atoms with E-state index in [0.717, 1.165) is 16.9 Å². The van der Waals surface area contributed by atoms with Gasteiger partial charge in [0.15, 0.2) is 12.6 Å². The number of rotatable bonds is 10. The Morgan fingerprint density at radius 1 is 1.28 bits per heavy atom. The summed E-state index contributed by atoms with van der Waals surface area (Å²) in [4.78, 5) is 0. The molecule has 0 aliphatic heterocycles. The van der Waals surface area contributed by atoms with Crippen LogP contribution in [0.15, 0.2) is 60.1 Å². The van der Waals surface area contributed by atoms with Crippen molar-refractivity contribution in [1.82, 2.24) is 0 Å². The van der Waals surface area contributed by atoms with Crippen LogP contribution < -0.4 is 4.74 Å². The minimum atomic E-state index is -1.27. The second-order valence-electron chi connectivity index (χ2n) is 5.57. The topological polar surface area (TPSA) is 47.9 Å². The summed E-state index contributed by atoms with van der Waals surface area (Å²) in [5, 5.41) is 11.2. The molecule has 1 rings (SSSR count). The van der Waals surface area contributed by atoms with Gasteiger partial charge >= 0.3 is 0 Å². The molecule has 1 aromatic carbocycles. The lowest BCUT2D eigenvalue weighted by atomic mass is 9.88. The minimum absolute atomic E-state index is 0.0440. The van der Waals surface area contributed by atoms with Gasteiger partial charge in [-0.15, -0.1) is 6.58 Å². The maximum atomic E-state index is 11.2. The smallest absolute Gasteiger partial charge is 0.189 e. The number of benzene rings is 1. The summed E-state index contributed by atoms with van der Waals surface area (Å²) in [5.41, 5.74) is 3.49. The molecule has 0 aliphatic rings. The van der Waals surface area contributed by atoms with Crippen molar-refractivity contribution in [3.8, 4) is 5.75 Å². The van der Waals surface area contributed by atoms with Crippen LogP contribution in [-0.2, 0) is 9.47 Å². The first-order valence-electron chi connectivity index (χ1n) is 8.25. The molecule has 0 amide bonds.